The maximum atomic E-state index is 13.1. The molecule has 22 heavy (non-hydrogen) atoms. The van der Waals surface area contributed by atoms with Gasteiger partial charge in [0.25, 0.3) is 5.91 Å². The first-order valence-corrected chi connectivity index (χ1v) is 6.80. The third kappa shape index (κ3) is 4.15. The van der Waals surface area contributed by atoms with Gasteiger partial charge in [-0.15, -0.1) is 0 Å². The number of carbonyl (C=O) groups excluding carboxylic acids is 2. The number of ketones is 1. The van der Waals surface area contributed by atoms with Crippen LogP contribution >= 0.6 is 0 Å². The highest BCUT2D eigenvalue weighted by molar-refractivity contribution is 5.96. The van der Waals surface area contributed by atoms with Crippen molar-refractivity contribution >= 4 is 17.4 Å². The molecular formula is C17H16FNO3. The number of hydrogen-bond donors (Lipinski definition) is 1. The predicted octanol–water partition coefficient (Wildman–Crippen LogP) is 3.43. The largest absolute Gasteiger partial charge is 0.481 e. The lowest BCUT2D eigenvalue weighted by Gasteiger charge is -2.14. The van der Waals surface area contributed by atoms with E-state index in [1.54, 1.807) is 37.3 Å². The zero-order valence-corrected chi connectivity index (χ0v) is 12.3. The van der Waals surface area contributed by atoms with Gasteiger partial charge in [-0.25, -0.2) is 4.39 Å². The van der Waals surface area contributed by atoms with Gasteiger partial charge in [0.05, 0.1) is 0 Å². The average molecular weight is 301 g/mol. The van der Waals surface area contributed by atoms with Crippen molar-refractivity contribution in [2.45, 2.75) is 20.0 Å². The molecule has 2 rings (SSSR count). The van der Waals surface area contributed by atoms with E-state index in [1.807, 2.05) is 0 Å². The van der Waals surface area contributed by atoms with Gasteiger partial charge in [0.2, 0.25) is 0 Å². The summed E-state index contributed by atoms with van der Waals surface area (Å²) in [5.74, 6) is -0.542. The van der Waals surface area contributed by atoms with Crippen LogP contribution in [0.1, 0.15) is 24.2 Å². The number of halogens is 1. The Morgan fingerprint density at radius 3 is 2.41 bits per heavy atom. The van der Waals surface area contributed by atoms with Crippen LogP contribution in [0, 0.1) is 5.82 Å². The van der Waals surface area contributed by atoms with Crippen LogP contribution in [-0.4, -0.2) is 17.8 Å². The fourth-order valence-corrected chi connectivity index (χ4v) is 1.83. The smallest absolute Gasteiger partial charge is 0.265 e. The second-order valence-corrected chi connectivity index (χ2v) is 4.84. The summed E-state index contributed by atoms with van der Waals surface area (Å²) in [6.07, 6.45) is -0.783. The topological polar surface area (TPSA) is 55.4 Å². The molecule has 0 saturated heterocycles. The molecule has 4 nitrogen and oxygen atoms in total. The molecular weight excluding hydrogens is 285 g/mol. The van der Waals surface area contributed by atoms with Gasteiger partial charge in [-0.1, -0.05) is 6.07 Å². The number of rotatable bonds is 5. The Morgan fingerprint density at radius 1 is 1.14 bits per heavy atom. The highest BCUT2D eigenvalue weighted by Crippen LogP contribution is 2.15. The zero-order valence-electron chi connectivity index (χ0n) is 12.3. The Bertz CT molecular complexity index is 683. The molecule has 0 aliphatic heterocycles. The number of nitrogens with one attached hydrogen (secondary N) is 1. The normalized spacial score (nSPS) is 11.6. The number of amides is 1. The van der Waals surface area contributed by atoms with Crippen LogP contribution in [0.2, 0.25) is 0 Å². The van der Waals surface area contributed by atoms with Crippen molar-refractivity contribution in [3.8, 4) is 5.75 Å². The van der Waals surface area contributed by atoms with E-state index in [0.29, 0.717) is 11.3 Å². The molecule has 0 bridgehead atoms. The minimum Gasteiger partial charge on any atom is -0.481 e. The molecule has 0 spiro atoms. The molecule has 2 aromatic carbocycles. The Balaban J connectivity index is 1.97. The van der Waals surface area contributed by atoms with Crippen LogP contribution in [0.4, 0.5) is 10.1 Å². The summed E-state index contributed by atoms with van der Waals surface area (Å²) in [5.41, 5.74) is 1.13. The van der Waals surface area contributed by atoms with Crippen LogP contribution in [0.5, 0.6) is 5.75 Å². The fourth-order valence-electron chi connectivity index (χ4n) is 1.83. The van der Waals surface area contributed by atoms with Gasteiger partial charge >= 0.3 is 0 Å². The molecule has 0 aromatic heterocycles. The third-order valence-electron chi connectivity index (χ3n) is 3.04. The first-order chi connectivity index (χ1) is 10.5. The number of benzene rings is 2. The van der Waals surface area contributed by atoms with Crippen LogP contribution in [0.25, 0.3) is 0 Å². The van der Waals surface area contributed by atoms with Crippen molar-refractivity contribution in [2.75, 3.05) is 5.32 Å². The molecule has 0 radical (unpaired) electrons. The van der Waals surface area contributed by atoms with Crippen LogP contribution in [-0.2, 0) is 4.79 Å². The van der Waals surface area contributed by atoms with Crippen molar-refractivity contribution < 1.29 is 18.7 Å². The van der Waals surface area contributed by atoms with Crippen molar-refractivity contribution in [1.29, 1.82) is 0 Å². The van der Waals surface area contributed by atoms with Crippen LogP contribution < -0.4 is 10.1 Å². The maximum Gasteiger partial charge on any atom is 0.265 e. The molecule has 0 fully saturated rings. The number of hydrogen-bond acceptors (Lipinski definition) is 3. The first kappa shape index (κ1) is 15.7. The van der Waals surface area contributed by atoms with Crippen molar-refractivity contribution in [3.05, 3.63) is 59.9 Å². The van der Waals surface area contributed by atoms with E-state index in [-0.39, 0.29) is 17.4 Å². The van der Waals surface area contributed by atoms with E-state index in [0.717, 1.165) is 0 Å². The molecule has 0 aliphatic carbocycles. The Kier molecular flexibility index (Phi) is 4.88. The lowest BCUT2D eigenvalue weighted by molar-refractivity contribution is -0.122. The summed E-state index contributed by atoms with van der Waals surface area (Å²) in [6, 6.07) is 12.2. The molecule has 1 amide bonds. The summed E-state index contributed by atoms with van der Waals surface area (Å²) < 4.78 is 18.4. The molecule has 114 valence electrons. The minimum atomic E-state index is -0.783. The van der Waals surface area contributed by atoms with Gasteiger partial charge in [-0.05, 0) is 50.2 Å². The summed E-state index contributed by atoms with van der Waals surface area (Å²) in [4.78, 5) is 23.2. The second-order valence-electron chi connectivity index (χ2n) is 4.84. The third-order valence-corrected chi connectivity index (χ3v) is 3.04. The van der Waals surface area contributed by atoms with Gasteiger partial charge < -0.3 is 10.1 Å². The lowest BCUT2D eigenvalue weighted by Crippen LogP contribution is -2.30. The second kappa shape index (κ2) is 6.85. The number of Topliss-reactive ketones (excluding diaryl/α,β-unsaturated/α-hetero) is 1. The van der Waals surface area contributed by atoms with E-state index in [1.165, 1.54) is 25.1 Å². The van der Waals surface area contributed by atoms with E-state index >= 15 is 0 Å². The summed E-state index contributed by atoms with van der Waals surface area (Å²) >= 11 is 0. The molecule has 0 aliphatic rings. The molecule has 1 N–H and O–H groups in total. The minimum absolute atomic E-state index is 0.0410. The molecule has 5 heteroatoms. The monoisotopic (exact) mass is 301 g/mol. The van der Waals surface area contributed by atoms with Gasteiger partial charge in [-0.2, -0.15) is 0 Å². The number of anilines is 1. The van der Waals surface area contributed by atoms with Crippen molar-refractivity contribution in [3.63, 3.8) is 0 Å². The van der Waals surface area contributed by atoms with Gasteiger partial charge in [0.15, 0.2) is 11.9 Å². The molecule has 0 heterocycles. The Hall–Kier alpha value is -2.69. The predicted molar refractivity (Wildman–Crippen MR) is 81.6 cm³/mol. The summed E-state index contributed by atoms with van der Waals surface area (Å²) in [6.45, 7) is 3.05. The first-order valence-electron chi connectivity index (χ1n) is 6.80. The Labute approximate surface area is 127 Å². The summed E-state index contributed by atoms with van der Waals surface area (Å²) in [5, 5.41) is 2.67. The number of ether oxygens (including phenoxy) is 1. The molecule has 1 unspecified atom stereocenters. The van der Waals surface area contributed by atoms with Gasteiger partial charge in [0, 0.05) is 17.3 Å². The van der Waals surface area contributed by atoms with Crippen molar-refractivity contribution in [2.24, 2.45) is 0 Å². The average Bonchev–Trinajstić information content (AvgIpc) is 2.47. The van der Waals surface area contributed by atoms with Crippen LogP contribution in [0.3, 0.4) is 0 Å². The molecule has 0 saturated carbocycles. The maximum absolute atomic E-state index is 13.1. The van der Waals surface area contributed by atoms with Crippen LogP contribution in [0.15, 0.2) is 48.5 Å². The summed E-state index contributed by atoms with van der Waals surface area (Å²) in [7, 11) is 0. The molecule has 2 aromatic rings. The number of carbonyl (C=O) groups is 2. The Morgan fingerprint density at radius 2 is 1.82 bits per heavy atom. The van der Waals surface area contributed by atoms with Gasteiger partial charge in [-0.3, -0.25) is 9.59 Å². The van der Waals surface area contributed by atoms with Gasteiger partial charge in [0.1, 0.15) is 11.6 Å². The highest BCUT2D eigenvalue weighted by Gasteiger charge is 2.15. The standard InChI is InChI=1S/C17H16FNO3/c1-11(20)13-6-8-15(9-7-13)19-17(21)12(2)22-16-5-3-4-14(18)10-16/h3-10,12H,1-2H3,(H,19,21). The van der Waals surface area contributed by atoms with E-state index in [4.69, 9.17) is 4.74 Å². The van der Waals surface area contributed by atoms with Crippen molar-refractivity contribution in [1.82, 2.24) is 0 Å². The highest BCUT2D eigenvalue weighted by atomic mass is 19.1. The van der Waals surface area contributed by atoms with E-state index < -0.39 is 11.9 Å². The van der Waals surface area contributed by atoms with E-state index in [9.17, 15) is 14.0 Å². The zero-order chi connectivity index (χ0) is 16.1. The SMILES string of the molecule is CC(=O)c1ccc(NC(=O)C(C)Oc2cccc(F)c2)cc1. The quantitative estimate of drug-likeness (QED) is 0.861. The molecule has 1 atom stereocenters. The fraction of sp³-hybridized carbons (Fsp3) is 0.176. The lowest BCUT2D eigenvalue weighted by atomic mass is 10.1. The van der Waals surface area contributed by atoms with E-state index in [2.05, 4.69) is 5.32 Å².